The topological polar surface area (TPSA) is 53.3 Å². The number of nitrogens with zero attached hydrogens (tertiary/aromatic N) is 2. The zero-order valence-corrected chi connectivity index (χ0v) is 14.8. The van der Waals surface area contributed by atoms with Gasteiger partial charge in [-0.2, -0.15) is 5.26 Å². The second-order valence-electron chi connectivity index (χ2n) is 5.59. The number of ether oxygens (including phenoxy) is 1. The molecule has 0 aliphatic rings. The quantitative estimate of drug-likeness (QED) is 0.766. The Kier molecular flexibility index (Phi) is 6.37. The van der Waals surface area contributed by atoms with Gasteiger partial charge in [-0.05, 0) is 55.3 Å². The molecule has 0 aliphatic heterocycles. The minimum absolute atomic E-state index is 0.0996. The van der Waals surface area contributed by atoms with Crippen LogP contribution in [0.3, 0.4) is 0 Å². The van der Waals surface area contributed by atoms with E-state index in [9.17, 15) is 9.18 Å². The van der Waals surface area contributed by atoms with Gasteiger partial charge in [-0.3, -0.25) is 4.79 Å². The van der Waals surface area contributed by atoms with Crippen LogP contribution in [0.4, 0.5) is 10.1 Å². The van der Waals surface area contributed by atoms with Gasteiger partial charge in [0.05, 0.1) is 17.5 Å². The standard InChI is InChI=1S/C19H18ClFN2O2/c1-13-4-6-16(10-14(13)2)23(9-3-8-22)19(24)12-25-18-7-5-15(21)11-17(18)20/h4-7,10-11H,3,9,12H2,1-2H3. The number of carbonyl (C=O) groups excluding carboxylic acids is 1. The van der Waals surface area contributed by atoms with Crippen LogP contribution < -0.4 is 9.64 Å². The van der Waals surface area contributed by atoms with E-state index in [1.54, 1.807) is 0 Å². The Hall–Kier alpha value is -2.58. The van der Waals surface area contributed by atoms with Crippen molar-refractivity contribution >= 4 is 23.2 Å². The Bertz CT molecular complexity index is 818. The summed E-state index contributed by atoms with van der Waals surface area (Å²) in [4.78, 5) is 14.1. The molecule has 0 radical (unpaired) electrons. The van der Waals surface area contributed by atoms with Gasteiger partial charge in [-0.1, -0.05) is 17.7 Å². The normalized spacial score (nSPS) is 10.2. The average molecular weight is 361 g/mol. The Morgan fingerprint density at radius 1 is 1.24 bits per heavy atom. The number of anilines is 1. The average Bonchev–Trinajstić information content (AvgIpc) is 2.57. The molecule has 0 saturated heterocycles. The van der Waals surface area contributed by atoms with Gasteiger partial charge in [0.25, 0.3) is 5.91 Å². The van der Waals surface area contributed by atoms with Gasteiger partial charge in [-0.15, -0.1) is 0 Å². The lowest BCUT2D eigenvalue weighted by Gasteiger charge is -2.23. The van der Waals surface area contributed by atoms with E-state index in [1.165, 1.54) is 17.0 Å². The van der Waals surface area contributed by atoms with Crippen LogP contribution in [-0.2, 0) is 4.79 Å². The molecule has 1 amide bonds. The zero-order valence-electron chi connectivity index (χ0n) is 14.1. The van der Waals surface area contributed by atoms with Crippen LogP contribution in [0.1, 0.15) is 17.5 Å². The first kappa shape index (κ1) is 18.8. The third-order valence-corrected chi connectivity index (χ3v) is 4.09. The predicted octanol–water partition coefficient (Wildman–Crippen LogP) is 4.42. The van der Waals surface area contributed by atoms with E-state index < -0.39 is 5.82 Å². The summed E-state index contributed by atoms with van der Waals surface area (Å²) in [5.74, 6) is -0.551. The second kappa shape index (κ2) is 8.50. The Morgan fingerprint density at radius 3 is 2.64 bits per heavy atom. The molecule has 0 N–H and O–H groups in total. The number of nitriles is 1. The second-order valence-corrected chi connectivity index (χ2v) is 5.99. The number of hydrogen-bond donors (Lipinski definition) is 0. The van der Waals surface area contributed by atoms with Crippen molar-refractivity contribution in [3.63, 3.8) is 0 Å². The fourth-order valence-corrected chi connectivity index (χ4v) is 2.48. The number of hydrogen-bond acceptors (Lipinski definition) is 3. The van der Waals surface area contributed by atoms with Crippen LogP contribution in [0.15, 0.2) is 36.4 Å². The van der Waals surface area contributed by atoms with Gasteiger partial charge >= 0.3 is 0 Å². The van der Waals surface area contributed by atoms with E-state index >= 15 is 0 Å². The van der Waals surface area contributed by atoms with E-state index in [1.807, 2.05) is 38.1 Å². The van der Waals surface area contributed by atoms with Gasteiger partial charge in [0.2, 0.25) is 0 Å². The van der Waals surface area contributed by atoms with E-state index in [-0.39, 0.29) is 36.3 Å². The molecule has 0 heterocycles. The lowest BCUT2D eigenvalue weighted by atomic mass is 10.1. The van der Waals surface area contributed by atoms with E-state index in [0.29, 0.717) is 5.69 Å². The van der Waals surface area contributed by atoms with Crippen LogP contribution in [0.5, 0.6) is 5.75 Å². The molecule has 0 spiro atoms. The van der Waals surface area contributed by atoms with E-state index in [4.69, 9.17) is 21.6 Å². The van der Waals surface area contributed by atoms with Gasteiger partial charge in [0, 0.05) is 12.2 Å². The van der Waals surface area contributed by atoms with Crippen LogP contribution in [-0.4, -0.2) is 19.1 Å². The van der Waals surface area contributed by atoms with Crippen LogP contribution in [0.2, 0.25) is 5.02 Å². The van der Waals surface area contributed by atoms with Crippen molar-refractivity contribution in [1.29, 1.82) is 5.26 Å². The van der Waals surface area contributed by atoms with Crippen LogP contribution in [0, 0.1) is 31.0 Å². The molecule has 2 aromatic carbocycles. The number of aryl methyl sites for hydroxylation is 2. The molecule has 0 aliphatic carbocycles. The summed E-state index contributed by atoms with van der Waals surface area (Å²) in [5, 5.41) is 8.94. The number of halogens is 2. The van der Waals surface area contributed by atoms with Crippen molar-refractivity contribution in [3.8, 4) is 11.8 Å². The molecule has 0 aromatic heterocycles. The maximum absolute atomic E-state index is 13.1. The van der Waals surface area contributed by atoms with Gasteiger partial charge < -0.3 is 9.64 Å². The summed E-state index contributed by atoms with van der Waals surface area (Å²) >= 11 is 5.90. The molecular weight excluding hydrogens is 343 g/mol. The van der Waals surface area contributed by atoms with Gasteiger partial charge in [0.15, 0.2) is 6.61 Å². The first-order chi connectivity index (χ1) is 11.9. The highest BCUT2D eigenvalue weighted by Gasteiger charge is 2.17. The minimum Gasteiger partial charge on any atom is -0.482 e. The van der Waals surface area contributed by atoms with Gasteiger partial charge in [0.1, 0.15) is 11.6 Å². The fourth-order valence-electron chi connectivity index (χ4n) is 2.26. The summed E-state index contributed by atoms with van der Waals surface area (Å²) in [7, 11) is 0. The van der Waals surface area contributed by atoms with Crippen molar-refractivity contribution in [2.24, 2.45) is 0 Å². The predicted molar refractivity (Wildman–Crippen MR) is 95.4 cm³/mol. The van der Waals surface area contributed by atoms with Crippen molar-refractivity contribution in [2.45, 2.75) is 20.3 Å². The Balaban J connectivity index is 2.15. The Labute approximate surface area is 151 Å². The van der Waals surface area contributed by atoms with Crippen LogP contribution in [0.25, 0.3) is 0 Å². The molecular formula is C19H18ClFN2O2. The Morgan fingerprint density at radius 2 is 2.00 bits per heavy atom. The molecule has 4 nitrogen and oxygen atoms in total. The smallest absolute Gasteiger partial charge is 0.264 e. The summed E-state index contributed by atoms with van der Waals surface area (Å²) in [5.41, 5.74) is 2.87. The first-order valence-electron chi connectivity index (χ1n) is 7.75. The summed E-state index contributed by atoms with van der Waals surface area (Å²) in [6.45, 7) is 3.95. The zero-order chi connectivity index (χ0) is 18.4. The summed E-state index contributed by atoms with van der Waals surface area (Å²) in [6, 6.07) is 11.4. The molecule has 25 heavy (non-hydrogen) atoms. The maximum Gasteiger partial charge on any atom is 0.264 e. The number of carbonyl (C=O) groups is 1. The molecule has 130 valence electrons. The molecule has 0 saturated carbocycles. The number of benzene rings is 2. The molecule has 2 aromatic rings. The third kappa shape index (κ3) is 4.94. The molecule has 2 rings (SSSR count). The highest BCUT2D eigenvalue weighted by atomic mass is 35.5. The SMILES string of the molecule is Cc1ccc(N(CCC#N)C(=O)COc2ccc(F)cc2Cl)cc1C. The van der Waals surface area contributed by atoms with Gasteiger partial charge in [-0.25, -0.2) is 4.39 Å². The molecule has 0 unspecified atom stereocenters. The van der Waals surface area contributed by atoms with Crippen molar-refractivity contribution in [2.75, 3.05) is 18.1 Å². The minimum atomic E-state index is -0.477. The lowest BCUT2D eigenvalue weighted by molar-refractivity contribution is -0.120. The molecule has 6 heteroatoms. The summed E-state index contributed by atoms with van der Waals surface area (Å²) < 4.78 is 18.5. The number of amides is 1. The third-order valence-electron chi connectivity index (χ3n) is 3.80. The van der Waals surface area contributed by atoms with Crippen molar-refractivity contribution in [1.82, 2.24) is 0 Å². The largest absolute Gasteiger partial charge is 0.482 e. The lowest BCUT2D eigenvalue weighted by Crippen LogP contribution is -2.35. The fraction of sp³-hybridized carbons (Fsp3) is 0.263. The highest BCUT2D eigenvalue weighted by Crippen LogP contribution is 2.25. The maximum atomic E-state index is 13.1. The highest BCUT2D eigenvalue weighted by molar-refractivity contribution is 6.32. The monoisotopic (exact) mass is 360 g/mol. The van der Waals surface area contributed by atoms with Crippen LogP contribution >= 0.6 is 11.6 Å². The molecule has 0 fully saturated rings. The first-order valence-corrected chi connectivity index (χ1v) is 8.12. The van der Waals surface area contributed by atoms with Crippen molar-refractivity contribution < 1.29 is 13.9 Å². The number of rotatable bonds is 6. The van der Waals surface area contributed by atoms with E-state index in [2.05, 4.69) is 0 Å². The molecule has 0 atom stereocenters. The summed E-state index contributed by atoms with van der Waals surface area (Å²) in [6.07, 6.45) is 0.204. The van der Waals surface area contributed by atoms with Crippen molar-refractivity contribution in [3.05, 3.63) is 58.4 Å². The molecule has 0 bridgehead atoms. The van der Waals surface area contributed by atoms with E-state index in [0.717, 1.165) is 17.2 Å².